The summed E-state index contributed by atoms with van der Waals surface area (Å²) in [5, 5.41) is 15.0. The van der Waals surface area contributed by atoms with Crippen molar-refractivity contribution >= 4 is 40.7 Å². The summed E-state index contributed by atoms with van der Waals surface area (Å²) in [5.41, 5.74) is 1.12. The Kier molecular flexibility index (Phi) is 14.7. The third-order valence-corrected chi connectivity index (χ3v) is 3.18. The van der Waals surface area contributed by atoms with E-state index in [-0.39, 0.29) is 31.4 Å². The average Bonchev–Trinajstić information content (AvgIpc) is 2.42. The third-order valence-electron chi connectivity index (χ3n) is 2.59. The highest BCUT2D eigenvalue weighted by atomic mass is 79.9. The van der Waals surface area contributed by atoms with Crippen molar-refractivity contribution in [2.45, 2.75) is 6.54 Å². The van der Waals surface area contributed by atoms with Gasteiger partial charge in [-0.05, 0) is 33.6 Å². The Bertz CT molecular complexity index is 398. The van der Waals surface area contributed by atoms with Crippen LogP contribution in [0.5, 0.6) is 11.5 Å². The van der Waals surface area contributed by atoms with E-state index >= 15 is 0 Å². The number of ether oxygens (including phenoxy) is 2. The molecule has 124 valence electrons. The summed E-state index contributed by atoms with van der Waals surface area (Å²) in [5.74, 6) is 1.42. The molecule has 3 N–H and O–H groups in total. The summed E-state index contributed by atoms with van der Waals surface area (Å²) in [7, 11) is 3.24. The van der Waals surface area contributed by atoms with Gasteiger partial charge in [0.2, 0.25) is 0 Å². The summed E-state index contributed by atoms with van der Waals surface area (Å²) in [6.45, 7) is 3.22. The van der Waals surface area contributed by atoms with Crippen LogP contribution in [0.2, 0.25) is 0 Å². The van der Waals surface area contributed by atoms with Gasteiger partial charge in [0.25, 0.3) is 0 Å². The van der Waals surface area contributed by atoms with Crippen molar-refractivity contribution in [3.8, 4) is 11.5 Å². The van der Waals surface area contributed by atoms with E-state index in [1.165, 1.54) is 0 Å². The predicted molar refractivity (Wildman–Crippen MR) is 93.4 cm³/mol. The highest BCUT2D eigenvalue weighted by molar-refractivity contribution is 9.10. The molecule has 0 bridgehead atoms. The zero-order valence-electron chi connectivity index (χ0n) is 12.1. The van der Waals surface area contributed by atoms with Gasteiger partial charge in [-0.15, -0.1) is 24.8 Å². The summed E-state index contributed by atoms with van der Waals surface area (Å²) in [6.07, 6.45) is 0. The van der Waals surface area contributed by atoms with Gasteiger partial charge >= 0.3 is 0 Å². The molecule has 1 rings (SSSR count). The van der Waals surface area contributed by atoms with Crippen molar-refractivity contribution in [1.29, 1.82) is 0 Å². The highest BCUT2D eigenvalue weighted by Crippen LogP contribution is 2.36. The first-order chi connectivity index (χ1) is 9.22. The molecule has 0 unspecified atom stereocenters. The first kappa shape index (κ1) is 23.0. The molecule has 0 aliphatic heterocycles. The molecule has 21 heavy (non-hydrogen) atoms. The lowest BCUT2D eigenvalue weighted by atomic mass is 10.2. The molecule has 0 heterocycles. The molecular weight excluding hydrogens is 383 g/mol. The van der Waals surface area contributed by atoms with E-state index in [4.69, 9.17) is 14.6 Å². The van der Waals surface area contributed by atoms with Crippen molar-refractivity contribution in [2.24, 2.45) is 0 Å². The predicted octanol–water partition coefficient (Wildman–Crippen LogP) is 1.98. The van der Waals surface area contributed by atoms with Crippen LogP contribution in [0.4, 0.5) is 0 Å². The normalized spacial score (nSPS) is 9.52. The number of methoxy groups -OCH3 is 2. The summed E-state index contributed by atoms with van der Waals surface area (Å²) in [4.78, 5) is 0. The standard InChI is InChI=1S/C13H21BrN2O3.2ClH/c1-18-12-8-10(7-11(14)13(12)19-2)9-16-4-3-15-5-6-17;;/h7-8,15-17H,3-6,9H2,1-2H3;2*1H. The molecule has 0 amide bonds. The third kappa shape index (κ3) is 8.09. The Morgan fingerprint density at radius 3 is 2.29 bits per heavy atom. The number of halogens is 3. The topological polar surface area (TPSA) is 62.8 Å². The van der Waals surface area contributed by atoms with Gasteiger partial charge in [-0.2, -0.15) is 0 Å². The van der Waals surface area contributed by atoms with Crippen molar-refractivity contribution < 1.29 is 14.6 Å². The first-order valence-corrected chi connectivity index (χ1v) is 6.95. The van der Waals surface area contributed by atoms with Crippen LogP contribution in [-0.4, -0.2) is 45.6 Å². The van der Waals surface area contributed by atoms with Crippen LogP contribution in [0.3, 0.4) is 0 Å². The zero-order chi connectivity index (χ0) is 14.1. The Labute approximate surface area is 146 Å². The van der Waals surface area contributed by atoms with Gasteiger partial charge in [-0.25, -0.2) is 0 Å². The minimum absolute atomic E-state index is 0. The minimum Gasteiger partial charge on any atom is -0.493 e. The maximum Gasteiger partial charge on any atom is 0.174 e. The van der Waals surface area contributed by atoms with Crippen molar-refractivity contribution in [1.82, 2.24) is 10.6 Å². The van der Waals surface area contributed by atoms with E-state index in [0.717, 1.165) is 29.7 Å². The number of hydrogen-bond acceptors (Lipinski definition) is 5. The Balaban J connectivity index is 0. The lowest BCUT2D eigenvalue weighted by Gasteiger charge is -2.12. The fourth-order valence-electron chi connectivity index (χ4n) is 1.69. The monoisotopic (exact) mass is 404 g/mol. The van der Waals surface area contributed by atoms with Gasteiger partial charge in [-0.1, -0.05) is 0 Å². The van der Waals surface area contributed by atoms with Gasteiger partial charge in [0.05, 0.1) is 25.3 Å². The molecule has 0 fully saturated rings. The number of aliphatic hydroxyl groups is 1. The molecule has 0 saturated carbocycles. The fourth-order valence-corrected chi connectivity index (χ4v) is 2.34. The average molecular weight is 406 g/mol. The molecule has 0 aliphatic carbocycles. The van der Waals surface area contributed by atoms with Gasteiger partial charge in [-0.3, -0.25) is 0 Å². The summed E-state index contributed by atoms with van der Waals surface area (Å²) < 4.78 is 11.4. The number of rotatable bonds is 9. The van der Waals surface area contributed by atoms with Crippen molar-refractivity contribution in [2.75, 3.05) is 40.5 Å². The minimum atomic E-state index is 0. The van der Waals surface area contributed by atoms with E-state index in [9.17, 15) is 0 Å². The maximum absolute atomic E-state index is 8.62. The smallest absolute Gasteiger partial charge is 0.174 e. The SMILES string of the molecule is COc1cc(CNCCNCCO)cc(Br)c1OC.Cl.Cl. The molecule has 1 aromatic rings. The van der Waals surface area contributed by atoms with Crippen LogP contribution >= 0.6 is 40.7 Å². The van der Waals surface area contributed by atoms with Crippen LogP contribution in [0.15, 0.2) is 16.6 Å². The van der Waals surface area contributed by atoms with Gasteiger partial charge in [0, 0.05) is 26.2 Å². The molecule has 1 aromatic carbocycles. The molecule has 0 saturated heterocycles. The number of hydrogen-bond donors (Lipinski definition) is 3. The second-order valence-corrected chi connectivity index (χ2v) is 4.82. The second-order valence-electron chi connectivity index (χ2n) is 3.96. The van der Waals surface area contributed by atoms with E-state index in [0.29, 0.717) is 18.0 Å². The molecule has 8 heteroatoms. The van der Waals surface area contributed by atoms with E-state index in [2.05, 4.69) is 26.6 Å². The largest absolute Gasteiger partial charge is 0.493 e. The Hall–Kier alpha value is -0.240. The van der Waals surface area contributed by atoms with Gasteiger partial charge < -0.3 is 25.2 Å². The lowest BCUT2D eigenvalue weighted by Crippen LogP contribution is -2.28. The number of benzene rings is 1. The van der Waals surface area contributed by atoms with E-state index < -0.39 is 0 Å². The van der Waals surface area contributed by atoms with E-state index in [1.54, 1.807) is 14.2 Å². The first-order valence-electron chi connectivity index (χ1n) is 6.15. The molecule has 0 atom stereocenters. The summed E-state index contributed by atoms with van der Waals surface area (Å²) >= 11 is 3.47. The molecular formula is C13H23BrCl2N2O3. The quantitative estimate of drug-likeness (QED) is 0.548. The molecule has 0 aromatic heterocycles. The van der Waals surface area contributed by atoms with Crippen LogP contribution in [0.1, 0.15) is 5.56 Å². The highest BCUT2D eigenvalue weighted by Gasteiger charge is 2.10. The van der Waals surface area contributed by atoms with Crippen molar-refractivity contribution in [3.05, 3.63) is 22.2 Å². The van der Waals surface area contributed by atoms with Gasteiger partial charge in [0.15, 0.2) is 11.5 Å². The number of nitrogens with one attached hydrogen (secondary N) is 2. The van der Waals surface area contributed by atoms with E-state index in [1.807, 2.05) is 12.1 Å². The van der Waals surface area contributed by atoms with Crippen LogP contribution in [0, 0.1) is 0 Å². The molecule has 5 nitrogen and oxygen atoms in total. The maximum atomic E-state index is 8.62. The summed E-state index contributed by atoms with van der Waals surface area (Å²) in [6, 6.07) is 3.97. The Morgan fingerprint density at radius 1 is 1.05 bits per heavy atom. The Morgan fingerprint density at radius 2 is 1.71 bits per heavy atom. The van der Waals surface area contributed by atoms with Gasteiger partial charge in [0.1, 0.15) is 0 Å². The lowest BCUT2D eigenvalue weighted by molar-refractivity contribution is 0.292. The molecule has 0 aliphatic rings. The molecule has 0 radical (unpaired) electrons. The van der Waals surface area contributed by atoms with Crippen molar-refractivity contribution in [3.63, 3.8) is 0 Å². The van der Waals surface area contributed by atoms with Crippen LogP contribution in [0.25, 0.3) is 0 Å². The van der Waals surface area contributed by atoms with Crippen LogP contribution in [-0.2, 0) is 6.54 Å². The molecule has 0 spiro atoms. The number of aliphatic hydroxyl groups excluding tert-OH is 1. The zero-order valence-corrected chi connectivity index (χ0v) is 15.4. The van der Waals surface area contributed by atoms with Crippen LogP contribution < -0.4 is 20.1 Å². The second kappa shape index (κ2) is 13.4. The fraction of sp³-hybridized carbons (Fsp3) is 0.538.